The fourth-order valence-electron chi connectivity index (χ4n) is 2.16. The summed E-state index contributed by atoms with van der Waals surface area (Å²) in [6, 6.07) is 0.954. The molecule has 64 valence electrons. The van der Waals surface area contributed by atoms with Gasteiger partial charge in [-0.1, -0.05) is 0 Å². The summed E-state index contributed by atoms with van der Waals surface area (Å²) >= 11 is 0. The van der Waals surface area contributed by atoms with Gasteiger partial charge in [0.25, 0.3) is 0 Å². The summed E-state index contributed by atoms with van der Waals surface area (Å²) in [5.41, 5.74) is 5.89. The van der Waals surface area contributed by atoms with Crippen LogP contribution in [0.25, 0.3) is 0 Å². The minimum absolute atomic E-state index is 0.332. The van der Waals surface area contributed by atoms with Gasteiger partial charge in [-0.15, -0.1) is 0 Å². The molecular formula is C8H17N3. The van der Waals surface area contributed by atoms with Crippen LogP contribution in [0.3, 0.4) is 0 Å². The van der Waals surface area contributed by atoms with Gasteiger partial charge in [-0.3, -0.25) is 9.80 Å². The Balaban J connectivity index is 2.03. The summed E-state index contributed by atoms with van der Waals surface area (Å²) in [7, 11) is 0. The van der Waals surface area contributed by atoms with Crippen molar-refractivity contribution in [2.45, 2.75) is 19.0 Å². The van der Waals surface area contributed by atoms with Crippen molar-refractivity contribution in [3.05, 3.63) is 0 Å². The van der Waals surface area contributed by atoms with E-state index in [1.165, 1.54) is 32.7 Å². The molecule has 0 radical (unpaired) electrons. The lowest BCUT2D eigenvalue weighted by molar-refractivity contribution is 0.00495. The Labute approximate surface area is 68.1 Å². The maximum atomic E-state index is 5.89. The summed E-state index contributed by atoms with van der Waals surface area (Å²) in [4.78, 5) is 5.05. The van der Waals surface area contributed by atoms with E-state index >= 15 is 0 Å². The molecule has 3 heteroatoms. The van der Waals surface area contributed by atoms with Gasteiger partial charge in [0.2, 0.25) is 0 Å². The molecule has 3 aliphatic heterocycles. The van der Waals surface area contributed by atoms with Crippen molar-refractivity contribution < 1.29 is 0 Å². The molecule has 0 aliphatic carbocycles. The number of rotatable bonds is 1. The second kappa shape index (κ2) is 2.73. The van der Waals surface area contributed by atoms with E-state index in [1.54, 1.807) is 0 Å². The van der Waals surface area contributed by atoms with E-state index in [1.807, 2.05) is 0 Å². The summed E-state index contributed by atoms with van der Waals surface area (Å²) in [6.45, 7) is 8.27. The zero-order valence-corrected chi connectivity index (χ0v) is 7.16. The predicted molar refractivity (Wildman–Crippen MR) is 45.5 cm³/mol. The molecular weight excluding hydrogens is 138 g/mol. The first-order chi connectivity index (χ1) is 5.27. The number of fused-ring (bicyclic) bond motifs is 3. The van der Waals surface area contributed by atoms with Crippen molar-refractivity contribution in [1.82, 2.24) is 9.80 Å². The van der Waals surface area contributed by atoms with Gasteiger partial charge in [-0.05, 0) is 6.92 Å². The Morgan fingerprint density at radius 1 is 1.27 bits per heavy atom. The van der Waals surface area contributed by atoms with Crippen LogP contribution in [0.5, 0.6) is 0 Å². The summed E-state index contributed by atoms with van der Waals surface area (Å²) in [5.74, 6) is 0. The number of nitrogens with two attached hydrogens (primary N) is 1. The van der Waals surface area contributed by atoms with Gasteiger partial charge < -0.3 is 5.73 Å². The predicted octanol–water partition coefficient (Wildman–Crippen LogP) is -0.667. The number of hydrogen-bond donors (Lipinski definition) is 1. The van der Waals surface area contributed by atoms with Crippen LogP contribution in [0, 0.1) is 0 Å². The van der Waals surface area contributed by atoms with Crippen LogP contribution in [0.2, 0.25) is 0 Å². The van der Waals surface area contributed by atoms with Crippen molar-refractivity contribution in [3.63, 3.8) is 0 Å². The van der Waals surface area contributed by atoms with Crippen LogP contribution >= 0.6 is 0 Å². The second-order valence-corrected chi connectivity index (χ2v) is 3.76. The molecule has 0 aromatic carbocycles. The standard InChI is InChI=1S/C8H17N3/c1-7(9)8-6-10-2-4-11(8)5-3-10/h7-8H,2-6,9H2,1H3/t7-,8?/m0/s1. The molecule has 11 heavy (non-hydrogen) atoms. The van der Waals surface area contributed by atoms with Gasteiger partial charge in [0.05, 0.1) is 0 Å². The van der Waals surface area contributed by atoms with Crippen molar-refractivity contribution in [1.29, 1.82) is 0 Å². The van der Waals surface area contributed by atoms with Crippen LogP contribution in [0.1, 0.15) is 6.92 Å². The van der Waals surface area contributed by atoms with Crippen molar-refractivity contribution in [3.8, 4) is 0 Å². The highest BCUT2D eigenvalue weighted by Crippen LogP contribution is 2.16. The molecule has 1 unspecified atom stereocenters. The van der Waals surface area contributed by atoms with Crippen LogP contribution in [-0.2, 0) is 0 Å². The van der Waals surface area contributed by atoms with E-state index in [-0.39, 0.29) is 0 Å². The zero-order valence-electron chi connectivity index (χ0n) is 7.16. The fraction of sp³-hybridized carbons (Fsp3) is 1.00. The number of hydrogen-bond acceptors (Lipinski definition) is 3. The van der Waals surface area contributed by atoms with Crippen LogP contribution in [0.4, 0.5) is 0 Å². The maximum absolute atomic E-state index is 5.89. The van der Waals surface area contributed by atoms with Crippen molar-refractivity contribution >= 4 is 0 Å². The average molecular weight is 155 g/mol. The monoisotopic (exact) mass is 155 g/mol. The largest absolute Gasteiger partial charge is 0.326 e. The first-order valence-corrected chi connectivity index (χ1v) is 4.49. The van der Waals surface area contributed by atoms with E-state index in [2.05, 4.69) is 16.7 Å². The van der Waals surface area contributed by atoms with Crippen LogP contribution in [-0.4, -0.2) is 54.6 Å². The van der Waals surface area contributed by atoms with Gasteiger partial charge in [0.1, 0.15) is 0 Å². The number of nitrogens with zero attached hydrogens (tertiary/aromatic N) is 2. The van der Waals surface area contributed by atoms with Gasteiger partial charge in [0.15, 0.2) is 0 Å². The second-order valence-electron chi connectivity index (χ2n) is 3.76. The quantitative estimate of drug-likeness (QED) is 0.545. The summed E-state index contributed by atoms with van der Waals surface area (Å²) in [6.07, 6.45) is 0. The third-order valence-electron chi connectivity index (χ3n) is 2.93. The van der Waals surface area contributed by atoms with Crippen molar-refractivity contribution in [2.24, 2.45) is 5.73 Å². The Bertz CT molecular complexity index is 138. The number of piperazine rings is 3. The topological polar surface area (TPSA) is 32.5 Å². The van der Waals surface area contributed by atoms with Crippen molar-refractivity contribution in [2.75, 3.05) is 32.7 Å². The molecule has 0 spiro atoms. The highest BCUT2D eigenvalue weighted by Gasteiger charge is 2.33. The third-order valence-corrected chi connectivity index (χ3v) is 2.93. The van der Waals surface area contributed by atoms with Gasteiger partial charge in [-0.2, -0.15) is 0 Å². The molecule has 0 aromatic rings. The Morgan fingerprint density at radius 3 is 2.18 bits per heavy atom. The minimum Gasteiger partial charge on any atom is -0.326 e. The molecule has 3 rings (SSSR count). The SMILES string of the molecule is C[C@H](N)C1CN2CCN1CC2. The molecule has 3 nitrogen and oxygen atoms in total. The maximum Gasteiger partial charge on any atom is 0.0372 e. The molecule has 2 bridgehead atoms. The van der Waals surface area contributed by atoms with Gasteiger partial charge in [0, 0.05) is 44.8 Å². The van der Waals surface area contributed by atoms with Gasteiger partial charge >= 0.3 is 0 Å². The Hall–Kier alpha value is -0.120. The molecule has 0 saturated carbocycles. The van der Waals surface area contributed by atoms with Gasteiger partial charge in [-0.25, -0.2) is 0 Å². The average Bonchev–Trinajstić information content (AvgIpc) is 2.06. The normalized spacial score (nSPS) is 45.8. The molecule has 2 atom stereocenters. The molecule has 3 heterocycles. The van der Waals surface area contributed by atoms with E-state index in [0.29, 0.717) is 12.1 Å². The highest BCUT2D eigenvalue weighted by molar-refractivity contribution is 4.91. The molecule has 2 N–H and O–H groups in total. The fourth-order valence-corrected chi connectivity index (χ4v) is 2.16. The summed E-state index contributed by atoms with van der Waals surface area (Å²) in [5, 5.41) is 0. The van der Waals surface area contributed by atoms with E-state index in [0.717, 1.165) is 0 Å². The van der Waals surface area contributed by atoms with E-state index in [4.69, 9.17) is 5.73 Å². The van der Waals surface area contributed by atoms with Crippen LogP contribution in [0.15, 0.2) is 0 Å². The third kappa shape index (κ3) is 1.28. The first kappa shape index (κ1) is 7.53. The minimum atomic E-state index is 0.332. The van der Waals surface area contributed by atoms with E-state index in [9.17, 15) is 0 Å². The molecule has 0 amide bonds. The molecule has 3 aliphatic rings. The highest BCUT2D eigenvalue weighted by atomic mass is 15.3. The summed E-state index contributed by atoms with van der Waals surface area (Å²) < 4.78 is 0. The lowest BCUT2D eigenvalue weighted by Crippen LogP contribution is -2.65. The van der Waals surface area contributed by atoms with E-state index < -0.39 is 0 Å². The zero-order chi connectivity index (χ0) is 7.84. The smallest absolute Gasteiger partial charge is 0.0372 e. The lowest BCUT2D eigenvalue weighted by atomic mass is 10.0. The molecule has 3 fully saturated rings. The Morgan fingerprint density at radius 2 is 1.91 bits per heavy atom. The van der Waals surface area contributed by atoms with Crippen LogP contribution < -0.4 is 5.73 Å². The lowest BCUT2D eigenvalue weighted by Gasteiger charge is -2.48. The first-order valence-electron chi connectivity index (χ1n) is 4.49. The Kier molecular flexibility index (Phi) is 1.87. The molecule has 0 aromatic heterocycles. The molecule has 3 saturated heterocycles.